The van der Waals surface area contributed by atoms with E-state index in [9.17, 15) is 24.6 Å². The van der Waals surface area contributed by atoms with Crippen molar-refractivity contribution in [2.45, 2.75) is 19.3 Å². The summed E-state index contributed by atoms with van der Waals surface area (Å²) in [6, 6.07) is 12.7. The number of carbonyl (C=O) groups is 3. The van der Waals surface area contributed by atoms with Gasteiger partial charge in [0, 0.05) is 29.0 Å². The Morgan fingerprint density at radius 1 is 1.00 bits per heavy atom. The van der Waals surface area contributed by atoms with Crippen LogP contribution in [0.15, 0.2) is 66.9 Å². The Balaban J connectivity index is 1.57. The number of anilines is 2. The van der Waals surface area contributed by atoms with Crippen LogP contribution in [0.3, 0.4) is 0 Å². The summed E-state index contributed by atoms with van der Waals surface area (Å²) in [5.41, 5.74) is 14.3. The first kappa shape index (κ1) is 24.9. The van der Waals surface area contributed by atoms with Gasteiger partial charge >= 0.3 is 0 Å². The molecular weight excluding hydrogens is 450 g/mol. The average Bonchev–Trinajstić information content (AvgIpc) is 2.82. The fourth-order valence-corrected chi connectivity index (χ4v) is 3.39. The molecule has 0 aliphatic rings. The third kappa shape index (κ3) is 6.64. The van der Waals surface area contributed by atoms with Gasteiger partial charge < -0.3 is 36.6 Å². The first-order valence-electron chi connectivity index (χ1n) is 10.6. The van der Waals surface area contributed by atoms with Gasteiger partial charge in [0.25, 0.3) is 5.91 Å². The largest absolute Gasteiger partial charge is 0.550 e. The molecule has 0 unspecified atom stereocenters. The van der Waals surface area contributed by atoms with Crippen LogP contribution in [0.1, 0.15) is 27.9 Å². The zero-order valence-corrected chi connectivity index (χ0v) is 18.7. The molecule has 180 valence electrons. The van der Waals surface area contributed by atoms with E-state index in [-0.39, 0.29) is 11.5 Å². The number of rotatable bonds is 10. The molecule has 2 aromatic carbocycles. The Hall–Kier alpha value is -4.73. The maximum absolute atomic E-state index is 12.3. The van der Waals surface area contributed by atoms with Gasteiger partial charge in [0.1, 0.15) is 5.82 Å². The summed E-state index contributed by atoms with van der Waals surface area (Å²) in [4.78, 5) is 42.3. The zero-order chi connectivity index (χ0) is 25.5. The average molecular weight is 473 g/mol. The van der Waals surface area contributed by atoms with Crippen molar-refractivity contribution in [3.8, 4) is 0 Å². The minimum atomic E-state index is -1.54. The number of carboxylic acids is 2. The third-order valence-electron chi connectivity index (χ3n) is 5.33. The second-order valence-electron chi connectivity index (χ2n) is 7.87. The van der Waals surface area contributed by atoms with Crippen LogP contribution in [-0.4, -0.2) is 27.8 Å². The number of aromatic nitrogens is 2. The minimum Gasteiger partial charge on any atom is -0.550 e. The molecule has 0 bridgehead atoms. The smallest absolute Gasteiger partial charge is 0.255 e. The number of nitrogen functional groups attached to an aromatic ring is 2. The number of nitrogens with two attached hydrogens (primary N) is 2. The van der Waals surface area contributed by atoms with Crippen molar-refractivity contribution >= 4 is 40.5 Å². The summed E-state index contributed by atoms with van der Waals surface area (Å²) in [7, 11) is 0. The van der Waals surface area contributed by atoms with E-state index in [0.29, 0.717) is 16.9 Å². The number of benzene rings is 2. The number of hydrogen-bond donors (Lipinski definition) is 3. The molecule has 3 aromatic rings. The van der Waals surface area contributed by atoms with Crippen LogP contribution < -0.4 is 27.0 Å². The molecule has 0 radical (unpaired) electrons. The molecule has 5 N–H and O–H groups in total. The van der Waals surface area contributed by atoms with Gasteiger partial charge in [-0.2, -0.15) is 4.98 Å². The SMILES string of the molecule is C=C(C[C@H](/C=C/NC(=O)c1ccc(CCc2ccc3nc(N)nc(N)c3c2)cc1)C(=O)[O-])C(=O)[O-]. The molecule has 1 atom stereocenters. The van der Waals surface area contributed by atoms with Gasteiger partial charge in [-0.3, -0.25) is 4.79 Å². The van der Waals surface area contributed by atoms with Crippen LogP contribution in [0.5, 0.6) is 0 Å². The number of nitrogens with one attached hydrogen (secondary N) is 1. The maximum atomic E-state index is 12.3. The summed E-state index contributed by atoms with van der Waals surface area (Å²) in [5.74, 6) is -4.30. The predicted molar refractivity (Wildman–Crippen MR) is 126 cm³/mol. The highest BCUT2D eigenvalue weighted by Crippen LogP contribution is 2.21. The number of carboxylic acid groups (broad SMARTS) is 2. The lowest BCUT2D eigenvalue weighted by Crippen LogP contribution is -2.33. The molecule has 0 spiro atoms. The topological polar surface area (TPSA) is 187 Å². The van der Waals surface area contributed by atoms with Crippen LogP contribution in [-0.2, 0) is 22.4 Å². The van der Waals surface area contributed by atoms with E-state index in [1.54, 1.807) is 12.1 Å². The van der Waals surface area contributed by atoms with Crippen LogP contribution in [0.2, 0.25) is 0 Å². The van der Waals surface area contributed by atoms with E-state index >= 15 is 0 Å². The number of fused-ring (bicyclic) bond motifs is 1. The Kier molecular flexibility index (Phi) is 7.77. The molecule has 10 heteroatoms. The maximum Gasteiger partial charge on any atom is 0.255 e. The molecule has 0 saturated carbocycles. The van der Waals surface area contributed by atoms with E-state index in [0.717, 1.165) is 41.6 Å². The van der Waals surface area contributed by atoms with E-state index in [2.05, 4.69) is 21.9 Å². The Bertz CT molecular complexity index is 1320. The molecule has 0 saturated heterocycles. The highest BCUT2D eigenvalue weighted by molar-refractivity contribution is 5.95. The lowest BCUT2D eigenvalue weighted by molar-refractivity contribution is -0.309. The fraction of sp³-hybridized carbons (Fsp3) is 0.160. The van der Waals surface area contributed by atoms with Gasteiger partial charge in [-0.15, -0.1) is 0 Å². The molecular formula is C25H23N5O5-2. The van der Waals surface area contributed by atoms with Gasteiger partial charge in [-0.25, -0.2) is 4.98 Å². The second kappa shape index (κ2) is 10.9. The number of nitrogens with zero attached hydrogens (tertiary/aromatic N) is 2. The number of amides is 1. The van der Waals surface area contributed by atoms with Crippen molar-refractivity contribution in [3.63, 3.8) is 0 Å². The molecule has 35 heavy (non-hydrogen) atoms. The summed E-state index contributed by atoms with van der Waals surface area (Å²) in [6.07, 6.45) is 3.33. The van der Waals surface area contributed by atoms with Gasteiger partial charge in [-0.05, 0) is 60.2 Å². The Morgan fingerprint density at radius 2 is 1.66 bits per heavy atom. The highest BCUT2D eigenvalue weighted by atomic mass is 16.4. The first-order chi connectivity index (χ1) is 16.6. The summed E-state index contributed by atoms with van der Waals surface area (Å²) in [6.45, 7) is 3.24. The minimum absolute atomic E-state index is 0.128. The third-order valence-corrected chi connectivity index (χ3v) is 5.33. The van der Waals surface area contributed by atoms with E-state index in [1.807, 2.05) is 30.3 Å². The number of carbonyl (C=O) groups excluding carboxylic acids is 3. The van der Waals surface area contributed by atoms with E-state index in [1.165, 1.54) is 0 Å². The first-order valence-corrected chi connectivity index (χ1v) is 10.6. The van der Waals surface area contributed by atoms with E-state index in [4.69, 9.17) is 11.5 Å². The Labute approximate surface area is 201 Å². The highest BCUT2D eigenvalue weighted by Gasteiger charge is 2.10. The lowest BCUT2D eigenvalue weighted by Gasteiger charge is -2.16. The summed E-state index contributed by atoms with van der Waals surface area (Å²) >= 11 is 0. The summed E-state index contributed by atoms with van der Waals surface area (Å²) < 4.78 is 0. The molecule has 10 nitrogen and oxygen atoms in total. The van der Waals surface area contributed by atoms with Crippen molar-refractivity contribution in [3.05, 3.63) is 83.6 Å². The zero-order valence-electron chi connectivity index (χ0n) is 18.7. The number of aliphatic carboxylic acids is 2. The van der Waals surface area contributed by atoms with E-state index < -0.39 is 30.2 Å². The Morgan fingerprint density at radius 3 is 2.31 bits per heavy atom. The fourth-order valence-electron chi connectivity index (χ4n) is 3.39. The monoisotopic (exact) mass is 473 g/mol. The molecule has 3 rings (SSSR count). The van der Waals surface area contributed by atoms with Gasteiger partial charge in [-0.1, -0.05) is 30.9 Å². The van der Waals surface area contributed by atoms with Gasteiger partial charge in [0.05, 0.1) is 11.5 Å². The quantitative estimate of drug-likeness (QED) is 0.337. The normalized spacial score (nSPS) is 11.9. The standard InChI is InChI=1S/C25H25N5O5/c1-14(23(32)33)12-18(24(34)35)10-11-28-22(31)17-7-4-15(5-8-17)2-3-16-6-9-20-19(13-16)21(26)30-25(27)29-20/h4-11,13,18H,1-3,12H2,(H,28,31)(H,32,33)(H,34,35)(H4,26,27,29,30)/p-2/b11-10+/t18-/m0/s1. The molecule has 0 aliphatic heterocycles. The predicted octanol–water partition coefficient (Wildman–Crippen LogP) is -0.115. The summed E-state index contributed by atoms with van der Waals surface area (Å²) in [5, 5.41) is 25.1. The number of hydrogen-bond acceptors (Lipinski definition) is 9. The van der Waals surface area contributed by atoms with Crippen LogP contribution in [0.25, 0.3) is 10.9 Å². The molecule has 0 fully saturated rings. The second-order valence-corrected chi connectivity index (χ2v) is 7.87. The van der Waals surface area contributed by atoms with Crippen molar-refractivity contribution < 1.29 is 24.6 Å². The van der Waals surface area contributed by atoms with Crippen LogP contribution in [0.4, 0.5) is 11.8 Å². The molecule has 1 heterocycles. The van der Waals surface area contributed by atoms with Crippen molar-refractivity contribution in [2.24, 2.45) is 5.92 Å². The lowest BCUT2D eigenvalue weighted by atomic mass is 10.0. The van der Waals surface area contributed by atoms with Crippen LogP contribution in [0, 0.1) is 5.92 Å². The van der Waals surface area contributed by atoms with Crippen molar-refractivity contribution in [1.82, 2.24) is 15.3 Å². The molecule has 1 aromatic heterocycles. The molecule has 0 aliphatic carbocycles. The van der Waals surface area contributed by atoms with Crippen molar-refractivity contribution in [1.29, 1.82) is 0 Å². The van der Waals surface area contributed by atoms with Crippen molar-refractivity contribution in [2.75, 3.05) is 11.5 Å². The number of aryl methyl sites for hydroxylation is 2. The van der Waals surface area contributed by atoms with Gasteiger partial charge in [0.2, 0.25) is 5.95 Å². The molecule has 1 amide bonds. The van der Waals surface area contributed by atoms with Crippen LogP contribution >= 0.6 is 0 Å². The van der Waals surface area contributed by atoms with Gasteiger partial charge in [0.15, 0.2) is 0 Å².